The first-order valence-corrected chi connectivity index (χ1v) is 7.58. The molecule has 19 heavy (non-hydrogen) atoms. The van der Waals surface area contributed by atoms with Gasteiger partial charge in [0.2, 0.25) is 0 Å². The van der Waals surface area contributed by atoms with Crippen LogP contribution in [0.2, 0.25) is 5.02 Å². The number of carbonyl (C=O) groups is 1. The quantitative estimate of drug-likeness (QED) is 0.776. The number of halogens is 1. The van der Waals surface area contributed by atoms with Crippen LogP contribution in [-0.4, -0.2) is 30.3 Å². The fourth-order valence-corrected chi connectivity index (χ4v) is 2.85. The Morgan fingerprint density at radius 3 is 2.68 bits per heavy atom. The van der Waals surface area contributed by atoms with Crippen molar-refractivity contribution in [2.24, 2.45) is 5.92 Å². The van der Waals surface area contributed by atoms with E-state index in [0.29, 0.717) is 11.6 Å². The molecule has 0 radical (unpaired) electrons. The van der Waals surface area contributed by atoms with Gasteiger partial charge in [0.1, 0.15) is 0 Å². The lowest BCUT2D eigenvalue weighted by molar-refractivity contribution is 0.0932. The number of hydrogen-bond donors (Lipinski definition) is 0. The molecule has 1 aliphatic rings. The first kappa shape index (κ1) is 14.5. The van der Waals surface area contributed by atoms with Crippen LogP contribution in [0.1, 0.15) is 43.0 Å². The maximum atomic E-state index is 12.2. The van der Waals surface area contributed by atoms with Crippen LogP contribution in [0.5, 0.6) is 0 Å². The SMILES string of the molecule is CCC1CCCN(CC(=O)c2ccc(Cl)cc2)CC1. The van der Waals surface area contributed by atoms with E-state index in [9.17, 15) is 4.79 Å². The maximum absolute atomic E-state index is 12.2. The van der Waals surface area contributed by atoms with Crippen molar-refractivity contribution in [3.63, 3.8) is 0 Å². The number of benzene rings is 1. The first-order valence-electron chi connectivity index (χ1n) is 7.20. The highest BCUT2D eigenvalue weighted by atomic mass is 35.5. The summed E-state index contributed by atoms with van der Waals surface area (Å²) in [6.07, 6.45) is 5.01. The van der Waals surface area contributed by atoms with Gasteiger partial charge in [-0.25, -0.2) is 0 Å². The van der Waals surface area contributed by atoms with Crippen molar-refractivity contribution >= 4 is 17.4 Å². The van der Waals surface area contributed by atoms with Crippen LogP contribution in [0.15, 0.2) is 24.3 Å². The highest BCUT2D eigenvalue weighted by Gasteiger charge is 2.18. The standard InChI is InChI=1S/C16H22ClNO/c1-2-13-4-3-10-18(11-9-13)12-16(19)14-5-7-15(17)8-6-14/h5-8,13H,2-4,9-12H2,1H3. The lowest BCUT2D eigenvalue weighted by atomic mass is 9.98. The summed E-state index contributed by atoms with van der Waals surface area (Å²) in [5, 5.41) is 0.678. The van der Waals surface area contributed by atoms with Gasteiger partial charge in [-0.1, -0.05) is 24.9 Å². The number of likely N-dealkylation sites (tertiary alicyclic amines) is 1. The minimum absolute atomic E-state index is 0.201. The third-order valence-electron chi connectivity index (χ3n) is 4.05. The van der Waals surface area contributed by atoms with Crippen LogP contribution in [0.4, 0.5) is 0 Å². The lowest BCUT2D eigenvalue weighted by Gasteiger charge is -2.19. The second kappa shape index (κ2) is 7.06. The number of rotatable bonds is 4. The molecule has 104 valence electrons. The van der Waals surface area contributed by atoms with Crippen LogP contribution in [0.25, 0.3) is 0 Å². The largest absolute Gasteiger partial charge is 0.296 e. The molecule has 1 unspecified atom stereocenters. The van der Waals surface area contributed by atoms with Gasteiger partial charge in [0.15, 0.2) is 5.78 Å². The van der Waals surface area contributed by atoms with E-state index >= 15 is 0 Å². The minimum Gasteiger partial charge on any atom is -0.296 e. The number of ketones is 1. The maximum Gasteiger partial charge on any atom is 0.176 e. The van der Waals surface area contributed by atoms with Gasteiger partial charge in [-0.05, 0) is 62.5 Å². The van der Waals surface area contributed by atoms with Crippen LogP contribution in [0, 0.1) is 5.92 Å². The predicted molar refractivity (Wildman–Crippen MR) is 79.9 cm³/mol. The average molecular weight is 280 g/mol. The summed E-state index contributed by atoms with van der Waals surface area (Å²) in [5.74, 6) is 1.04. The topological polar surface area (TPSA) is 20.3 Å². The average Bonchev–Trinajstić information content (AvgIpc) is 2.64. The Morgan fingerprint density at radius 1 is 1.26 bits per heavy atom. The second-order valence-corrected chi connectivity index (χ2v) is 5.85. The zero-order chi connectivity index (χ0) is 13.7. The molecule has 1 aromatic rings. The van der Waals surface area contributed by atoms with Crippen molar-refractivity contribution in [2.75, 3.05) is 19.6 Å². The molecule has 0 amide bonds. The van der Waals surface area contributed by atoms with E-state index < -0.39 is 0 Å². The van der Waals surface area contributed by atoms with E-state index in [0.717, 1.165) is 24.6 Å². The fraction of sp³-hybridized carbons (Fsp3) is 0.562. The van der Waals surface area contributed by atoms with E-state index in [1.54, 1.807) is 12.1 Å². The predicted octanol–water partition coefficient (Wildman–Crippen LogP) is 4.03. The first-order chi connectivity index (χ1) is 9.19. The number of carbonyl (C=O) groups excluding carboxylic acids is 1. The number of Topliss-reactive ketones (excluding diaryl/α,β-unsaturated/α-hetero) is 1. The number of nitrogens with zero attached hydrogens (tertiary/aromatic N) is 1. The third-order valence-corrected chi connectivity index (χ3v) is 4.30. The van der Waals surface area contributed by atoms with E-state index in [2.05, 4.69) is 11.8 Å². The van der Waals surface area contributed by atoms with Crippen molar-refractivity contribution in [1.82, 2.24) is 4.90 Å². The molecule has 1 fully saturated rings. The van der Waals surface area contributed by atoms with E-state index in [4.69, 9.17) is 11.6 Å². The zero-order valence-corrected chi connectivity index (χ0v) is 12.3. The molecule has 2 nitrogen and oxygen atoms in total. The smallest absolute Gasteiger partial charge is 0.176 e. The van der Waals surface area contributed by atoms with E-state index in [-0.39, 0.29) is 5.78 Å². The molecule has 1 saturated heterocycles. The molecule has 0 bridgehead atoms. The molecule has 0 saturated carbocycles. The molecule has 0 spiro atoms. The molecule has 1 aliphatic heterocycles. The molecule has 1 aromatic carbocycles. The van der Waals surface area contributed by atoms with Crippen molar-refractivity contribution in [2.45, 2.75) is 32.6 Å². The highest BCUT2D eigenvalue weighted by Crippen LogP contribution is 2.20. The van der Waals surface area contributed by atoms with Gasteiger partial charge >= 0.3 is 0 Å². The second-order valence-electron chi connectivity index (χ2n) is 5.41. The Morgan fingerprint density at radius 2 is 2.00 bits per heavy atom. The van der Waals surface area contributed by atoms with Gasteiger partial charge in [-0.15, -0.1) is 0 Å². The van der Waals surface area contributed by atoms with Crippen LogP contribution >= 0.6 is 11.6 Å². The van der Waals surface area contributed by atoms with Gasteiger partial charge in [-0.3, -0.25) is 9.69 Å². The minimum atomic E-state index is 0.201. The van der Waals surface area contributed by atoms with Gasteiger partial charge in [0.05, 0.1) is 6.54 Å². The summed E-state index contributed by atoms with van der Waals surface area (Å²) in [6, 6.07) is 7.20. The van der Waals surface area contributed by atoms with Gasteiger partial charge in [-0.2, -0.15) is 0 Å². The molecule has 0 N–H and O–H groups in total. The lowest BCUT2D eigenvalue weighted by Crippen LogP contribution is -2.31. The molecule has 0 aromatic heterocycles. The Labute approximate surface area is 120 Å². The summed E-state index contributed by atoms with van der Waals surface area (Å²) in [7, 11) is 0. The Hall–Kier alpha value is -0.860. The molecule has 2 rings (SSSR count). The highest BCUT2D eigenvalue weighted by molar-refractivity contribution is 6.30. The molecule has 3 heteroatoms. The van der Waals surface area contributed by atoms with Crippen molar-refractivity contribution in [3.8, 4) is 0 Å². The summed E-state index contributed by atoms with van der Waals surface area (Å²) >= 11 is 5.84. The third kappa shape index (κ3) is 4.32. The molecular weight excluding hydrogens is 258 g/mol. The Balaban J connectivity index is 1.90. The van der Waals surface area contributed by atoms with Crippen molar-refractivity contribution < 1.29 is 4.79 Å². The van der Waals surface area contributed by atoms with Crippen molar-refractivity contribution in [3.05, 3.63) is 34.9 Å². The van der Waals surface area contributed by atoms with Crippen LogP contribution in [0.3, 0.4) is 0 Å². The summed E-state index contributed by atoms with van der Waals surface area (Å²) in [6.45, 7) is 4.91. The Kier molecular flexibility index (Phi) is 5.41. The Bertz CT molecular complexity index is 415. The monoisotopic (exact) mass is 279 g/mol. The van der Waals surface area contributed by atoms with Crippen LogP contribution in [-0.2, 0) is 0 Å². The normalized spacial score (nSPS) is 21.1. The molecular formula is C16H22ClNO. The number of hydrogen-bond acceptors (Lipinski definition) is 2. The van der Waals surface area contributed by atoms with Gasteiger partial charge in [0.25, 0.3) is 0 Å². The van der Waals surface area contributed by atoms with Gasteiger partial charge in [0, 0.05) is 10.6 Å². The van der Waals surface area contributed by atoms with Gasteiger partial charge < -0.3 is 0 Å². The summed E-state index contributed by atoms with van der Waals surface area (Å²) < 4.78 is 0. The molecule has 1 heterocycles. The summed E-state index contributed by atoms with van der Waals surface area (Å²) in [4.78, 5) is 14.5. The fourth-order valence-electron chi connectivity index (χ4n) is 2.72. The molecule has 1 atom stereocenters. The van der Waals surface area contributed by atoms with E-state index in [1.807, 2.05) is 12.1 Å². The zero-order valence-electron chi connectivity index (χ0n) is 11.6. The molecule has 0 aliphatic carbocycles. The summed E-state index contributed by atoms with van der Waals surface area (Å²) in [5.41, 5.74) is 0.765. The van der Waals surface area contributed by atoms with E-state index in [1.165, 1.54) is 25.7 Å². The van der Waals surface area contributed by atoms with Crippen LogP contribution < -0.4 is 0 Å². The van der Waals surface area contributed by atoms with Crippen molar-refractivity contribution in [1.29, 1.82) is 0 Å².